The van der Waals surface area contributed by atoms with E-state index in [0.717, 1.165) is 51.4 Å². The van der Waals surface area contributed by atoms with E-state index < -0.39 is 12.1 Å². The van der Waals surface area contributed by atoms with Crippen molar-refractivity contribution >= 4 is 5.91 Å². The van der Waals surface area contributed by atoms with Gasteiger partial charge in [0.25, 0.3) is 0 Å². The predicted molar refractivity (Wildman–Crippen MR) is 161 cm³/mol. The zero-order valence-corrected chi connectivity index (χ0v) is 24.2. The number of carbonyl (C=O) groups is 1. The Hall–Kier alpha value is -1.65. The Kier molecular flexibility index (Phi) is 27.6. The second-order valence-electron chi connectivity index (χ2n) is 10.1. The lowest BCUT2D eigenvalue weighted by molar-refractivity contribution is -0.123. The molecule has 0 fully saturated rings. The van der Waals surface area contributed by atoms with Gasteiger partial charge in [0.15, 0.2) is 0 Å². The van der Waals surface area contributed by atoms with Crippen molar-refractivity contribution in [3.63, 3.8) is 0 Å². The number of unbranched alkanes of at least 4 members (excludes halogenated alkanes) is 13. The number of amides is 1. The maximum atomic E-state index is 12.2. The van der Waals surface area contributed by atoms with Crippen LogP contribution in [0.15, 0.2) is 48.6 Å². The Bertz CT molecular complexity index is 609. The second-order valence-corrected chi connectivity index (χ2v) is 10.1. The summed E-state index contributed by atoms with van der Waals surface area (Å²) < 4.78 is 0. The third kappa shape index (κ3) is 25.8. The van der Waals surface area contributed by atoms with Crippen molar-refractivity contribution in [2.24, 2.45) is 0 Å². The topological polar surface area (TPSA) is 69.6 Å². The molecule has 0 aromatic carbocycles. The molecular weight excluding hydrogens is 458 g/mol. The molecule has 4 nitrogen and oxygen atoms in total. The number of allylic oxidation sites excluding steroid dienone is 7. The Morgan fingerprint density at radius 1 is 0.622 bits per heavy atom. The summed E-state index contributed by atoms with van der Waals surface area (Å²) >= 11 is 0. The van der Waals surface area contributed by atoms with Crippen molar-refractivity contribution in [2.75, 3.05) is 6.61 Å². The van der Waals surface area contributed by atoms with Gasteiger partial charge in [0.1, 0.15) is 0 Å². The standard InChI is InChI=1S/C33H59NO3/c1-3-5-7-9-11-13-15-16-17-19-20-22-24-26-28-32(36)31(30-35)34-33(37)29-27-25-23-21-18-14-12-10-8-6-4-2/h10,12-13,15,19-20,26,28,31-32,35-36H,3-9,11,14,16-18,21-25,27,29-30H2,1-2H3,(H,34,37)/b12-10-,15-13+,20-19+,28-26+. The first-order valence-corrected chi connectivity index (χ1v) is 15.4. The quantitative estimate of drug-likeness (QED) is 0.0795. The van der Waals surface area contributed by atoms with Crippen LogP contribution in [0.1, 0.15) is 136 Å². The molecule has 0 saturated heterocycles. The van der Waals surface area contributed by atoms with Crippen LogP contribution in [-0.4, -0.2) is 34.9 Å². The number of aliphatic hydroxyl groups excluding tert-OH is 2. The molecule has 0 aliphatic heterocycles. The van der Waals surface area contributed by atoms with E-state index in [1.807, 2.05) is 6.08 Å². The zero-order valence-electron chi connectivity index (χ0n) is 24.2. The van der Waals surface area contributed by atoms with Crippen LogP contribution in [0.5, 0.6) is 0 Å². The van der Waals surface area contributed by atoms with Crippen LogP contribution in [0.4, 0.5) is 0 Å². The molecule has 37 heavy (non-hydrogen) atoms. The monoisotopic (exact) mass is 517 g/mol. The summed E-state index contributed by atoms with van der Waals surface area (Å²) in [5, 5.41) is 22.7. The smallest absolute Gasteiger partial charge is 0.220 e. The van der Waals surface area contributed by atoms with Gasteiger partial charge in [-0.05, 0) is 64.2 Å². The average Bonchev–Trinajstić information content (AvgIpc) is 2.90. The van der Waals surface area contributed by atoms with Crippen molar-refractivity contribution in [3.05, 3.63) is 48.6 Å². The number of nitrogens with one attached hydrogen (secondary N) is 1. The van der Waals surface area contributed by atoms with E-state index in [1.165, 1.54) is 64.2 Å². The molecule has 3 N–H and O–H groups in total. The number of rotatable bonds is 26. The highest BCUT2D eigenvalue weighted by molar-refractivity contribution is 5.76. The molecule has 4 heteroatoms. The molecule has 2 unspecified atom stereocenters. The van der Waals surface area contributed by atoms with Crippen molar-refractivity contribution in [3.8, 4) is 0 Å². The van der Waals surface area contributed by atoms with Crippen molar-refractivity contribution < 1.29 is 15.0 Å². The summed E-state index contributed by atoms with van der Waals surface area (Å²) in [6, 6.07) is -0.646. The first-order valence-electron chi connectivity index (χ1n) is 15.4. The highest BCUT2D eigenvalue weighted by Crippen LogP contribution is 2.09. The van der Waals surface area contributed by atoms with Gasteiger partial charge in [0.05, 0.1) is 18.8 Å². The molecule has 0 aromatic rings. The van der Waals surface area contributed by atoms with E-state index in [0.29, 0.717) is 6.42 Å². The molecule has 0 radical (unpaired) electrons. The van der Waals surface area contributed by atoms with Crippen molar-refractivity contribution in [1.82, 2.24) is 5.32 Å². The van der Waals surface area contributed by atoms with E-state index >= 15 is 0 Å². The Morgan fingerprint density at radius 2 is 1.08 bits per heavy atom. The van der Waals surface area contributed by atoms with Gasteiger partial charge in [0, 0.05) is 6.42 Å². The van der Waals surface area contributed by atoms with Gasteiger partial charge in [0.2, 0.25) is 5.91 Å². The molecule has 0 aromatic heterocycles. The summed E-state index contributed by atoms with van der Waals surface area (Å²) in [7, 11) is 0. The molecule has 0 aliphatic carbocycles. The third-order valence-electron chi connectivity index (χ3n) is 6.51. The minimum absolute atomic E-state index is 0.0942. The highest BCUT2D eigenvalue weighted by Gasteiger charge is 2.17. The maximum absolute atomic E-state index is 12.2. The number of aliphatic hydroxyl groups is 2. The van der Waals surface area contributed by atoms with E-state index in [2.05, 4.69) is 55.6 Å². The molecule has 2 atom stereocenters. The van der Waals surface area contributed by atoms with Crippen molar-refractivity contribution in [2.45, 2.75) is 148 Å². The fourth-order valence-corrected chi connectivity index (χ4v) is 4.07. The second kappa shape index (κ2) is 28.9. The van der Waals surface area contributed by atoms with E-state index in [-0.39, 0.29) is 12.5 Å². The van der Waals surface area contributed by atoms with Crippen LogP contribution in [-0.2, 0) is 4.79 Å². The molecule has 1 amide bonds. The Morgan fingerprint density at radius 3 is 1.65 bits per heavy atom. The zero-order chi connectivity index (χ0) is 27.2. The number of carbonyl (C=O) groups excluding carboxylic acids is 1. The molecule has 0 bridgehead atoms. The minimum Gasteiger partial charge on any atom is -0.394 e. The van der Waals surface area contributed by atoms with Crippen LogP contribution in [0.3, 0.4) is 0 Å². The Balaban J connectivity index is 3.81. The summed E-state index contributed by atoms with van der Waals surface area (Å²) in [5.41, 5.74) is 0. The minimum atomic E-state index is -0.870. The van der Waals surface area contributed by atoms with Gasteiger partial charge in [-0.3, -0.25) is 4.79 Å². The lowest BCUT2D eigenvalue weighted by Crippen LogP contribution is -2.45. The predicted octanol–water partition coefficient (Wildman–Crippen LogP) is 8.50. The molecule has 0 rings (SSSR count). The fourth-order valence-electron chi connectivity index (χ4n) is 4.07. The molecule has 0 aliphatic rings. The first-order chi connectivity index (χ1) is 18.2. The lowest BCUT2D eigenvalue weighted by atomic mass is 10.1. The van der Waals surface area contributed by atoms with Crippen LogP contribution < -0.4 is 5.32 Å². The highest BCUT2D eigenvalue weighted by atomic mass is 16.3. The van der Waals surface area contributed by atoms with E-state index in [4.69, 9.17) is 0 Å². The van der Waals surface area contributed by atoms with Gasteiger partial charge < -0.3 is 15.5 Å². The molecule has 0 saturated carbocycles. The summed E-state index contributed by atoms with van der Waals surface area (Å²) in [6.07, 6.45) is 37.5. The van der Waals surface area contributed by atoms with Crippen LogP contribution in [0.25, 0.3) is 0 Å². The number of hydrogen-bond acceptors (Lipinski definition) is 3. The lowest BCUT2D eigenvalue weighted by Gasteiger charge is -2.19. The van der Waals surface area contributed by atoms with Crippen LogP contribution >= 0.6 is 0 Å². The average molecular weight is 518 g/mol. The van der Waals surface area contributed by atoms with Gasteiger partial charge in [-0.1, -0.05) is 114 Å². The SMILES string of the molecule is CCCC/C=C\CCCCCCCC(=O)NC(CO)C(O)/C=C/CC/C=C/CC/C=C/CCCCCC. The van der Waals surface area contributed by atoms with Gasteiger partial charge in [-0.2, -0.15) is 0 Å². The molecule has 214 valence electrons. The van der Waals surface area contributed by atoms with Crippen molar-refractivity contribution in [1.29, 1.82) is 0 Å². The van der Waals surface area contributed by atoms with Crippen LogP contribution in [0.2, 0.25) is 0 Å². The summed E-state index contributed by atoms with van der Waals surface area (Å²) in [4.78, 5) is 12.2. The third-order valence-corrected chi connectivity index (χ3v) is 6.51. The van der Waals surface area contributed by atoms with E-state index in [9.17, 15) is 15.0 Å². The van der Waals surface area contributed by atoms with Gasteiger partial charge >= 0.3 is 0 Å². The first kappa shape index (κ1) is 35.4. The normalized spacial score (nSPS) is 13.9. The summed E-state index contributed by atoms with van der Waals surface area (Å²) in [6.45, 7) is 4.19. The van der Waals surface area contributed by atoms with Gasteiger partial charge in [-0.25, -0.2) is 0 Å². The number of hydrogen-bond donors (Lipinski definition) is 3. The molecule has 0 spiro atoms. The maximum Gasteiger partial charge on any atom is 0.220 e. The van der Waals surface area contributed by atoms with Gasteiger partial charge in [-0.15, -0.1) is 0 Å². The van der Waals surface area contributed by atoms with E-state index in [1.54, 1.807) is 6.08 Å². The fraction of sp³-hybridized carbons (Fsp3) is 0.727. The summed E-state index contributed by atoms with van der Waals surface area (Å²) in [5.74, 6) is -0.0942. The molecule has 0 heterocycles. The Labute approximate surface area is 229 Å². The largest absolute Gasteiger partial charge is 0.394 e. The molecular formula is C33H59NO3. The van der Waals surface area contributed by atoms with Crippen LogP contribution in [0, 0.1) is 0 Å².